The van der Waals surface area contributed by atoms with Crippen molar-refractivity contribution in [1.29, 1.82) is 0 Å². The van der Waals surface area contributed by atoms with Crippen LogP contribution in [0.2, 0.25) is 0 Å². The third kappa shape index (κ3) is 3.48. The summed E-state index contributed by atoms with van der Waals surface area (Å²) in [5.41, 5.74) is 0.379. The molecule has 4 aromatic rings. The normalized spacial score (nSPS) is 15.7. The number of hydrogen-bond donors (Lipinski definition) is 1. The number of pyridine rings is 1. The van der Waals surface area contributed by atoms with Gasteiger partial charge in [0.1, 0.15) is 5.65 Å². The van der Waals surface area contributed by atoms with Crippen LogP contribution in [0.3, 0.4) is 0 Å². The molecule has 3 aromatic heterocycles. The van der Waals surface area contributed by atoms with Crippen LogP contribution in [0, 0.1) is 6.92 Å². The monoisotopic (exact) mass is 427 g/mol. The smallest absolute Gasteiger partial charge is 0.317 e. The highest BCUT2D eigenvalue weighted by molar-refractivity contribution is 5.86. The lowest BCUT2D eigenvalue weighted by molar-refractivity contribution is -0.136. The van der Waals surface area contributed by atoms with Crippen LogP contribution >= 0.6 is 0 Å². The minimum Gasteiger partial charge on any atom is -0.317 e. The van der Waals surface area contributed by atoms with Gasteiger partial charge in [0.05, 0.1) is 28.9 Å². The summed E-state index contributed by atoms with van der Waals surface area (Å²) < 4.78 is 43.8. The molecular weight excluding hydrogens is 407 g/mol. The molecule has 1 N–H and O–H groups in total. The number of imidazole rings is 1. The van der Waals surface area contributed by atoms with E-state index in [2.05, 4.69) is 15.4 Å². The van der Waals surface area contributed by atoms with E-state index in [1.807, 2.05) is 0 Å². The van der Waals surface area contributed by atoms with Crippen LogP contribution in [-0.4, -0.2) is 32.3 Å². The molecule has 0 atom stereocenters. The first-order valence-electron chi connectivity index (χ1n) is 10.1. The fraction of sp³-hybridized carbons (Fsp3) is 0.318. The molecule has 4 heterocycles. The maximum atomic E-state index is 13.6. The third-order valence-electron chi connectivity index (χ3n) is 5.78. The number of benzene rings is 1. The van der Waals surface area contributed by atoms with Gasteiger partial charge >= 0.3 is 6.18 Å². The summed E-state index contributed by atoms with van der Waals surface area (Å²) in [6.07, 6.45) is 1.94. The van der Waals surface area contributed by atoms with E-state index in [9.17, 15) is 18.0 Å². The second-order valence-electron chi connectivity index (χ2n) is 7.93. The molecular formula is C22H20F3N5O. The highest BCUT2D eigenvalue weighted by atomic mass is 19.4. The number of nitrogens with one attached hydrogen (secondary N) is 1. The molecule has 0 spiro atoms. The number of aromatic nitrogens is 4. The molecule has 0 unspecified atom stereocenters. The summed E-state index contributed by atoms with van der Waals surface area (Å²) in [7, 11) is 0. The van der Waals surface area contributed by atoms with Crippen LogP contribution in [0.15, 0.2) is 47.7 Å². The molecule has 9 heteroatoms. The number of piperidine rings is 1. The van der Waals surface area contributed by atoms with Crippen molar-refractivity contribution in [3.63, 3.8) is 0 Å². The maximum Gasteiger partial charge on any atom is 0.420 e. The summed E-state index contributed by atoms with van der Waals surface area (Å²) in [6.45, 7) is 3.34. The van der Waals surface area contributed by atoms with Gasteiger partial charge in [-0.1, -0.05) is 6.07 Å². The van der Waals surface area contributed by atoms with Gasteiger partial charge < -0.3 is 9.72 Å². The van der Waals surface area contributed by atoms with Gasteiger partial charge in [-0.2, -0.15) is 18.3 Å². The highest BCUT2D eigenvalue weighted by Crippen LogP contribution is 2.35. The van der Waals surface area contributed by atoms with Gasteiger partial charge in [-0.25, -0.2) is 9.67 Å². The number of nitrogens with zero attached hydrogens (tertiary/aromatic N) is 4. The Morgan fingerprint density at radius 3 is 2.61 bits per heavy atom. The summed E-state index contributed by atoms with van der Waals surface area (Å²) in [4.78, 5) is 17.0. The molecule has 1 fully saturated rings. The van der Waals surface area contributed by atoms with Crippen LogP contribution in [-0.2, 0) is 6.18 Å². The van der Waals surface area contributed by atoms with E-state index in [1.165, 1.54) is 9.08 Å². The van der Waals surface area contributed by atoms with E-state index in [4.69, 9.17) is 0 Å². The van der Waals surface area contributed by atoms with E-state index >= 15 is 0 Å². The van der Waals surface area contributed by atoms with Crippen molar-refractivity contribution in [3.8, 4) is 11.1 Å². The SMILES string of the molecule is Cc1cn2cc(-c3ccc4c(=O)n(C5CCNCC5)ncc4c3)cc(C(F)(F)F)c2n1. The van der Waals surface area contributed by atoms with E-state index in [1.54, 1.807) is 43.7 Å². The van der Waals surface area contributed by atoms with Gasteiger partial charge in [-0.05, 0) is 62.2 Å². The summed E-state index contributed by atoms with van der Waals surface area (Å²) >= 11 is 0. The van der Waals surface area contributed by atoms with Crippen molar-refractivity contribution in [1.82, 2.24) is 24.5 Å². The molecule has 1 aromatic carbocycles. The fourth-order valence-corrected chi connectivity index (χ4v) is 4.24. The molecule has 0 aliphatic carbocycles. The molecule has 0 amide bonds. The zero-order valence-corrected chi connectivity index (χ0v) is 16.8. The summed E-state index contributed by atoms with van der Waals surface area (Å²) in [5.74, 6) is 0. The van der Waals surface area contributed by atoms with Crippen LogP contribution in [0.5, 0.6) is 0 Å². The van der Waals surface area contributed by atoms with Crippen LogP contribution < -0.4 is 10.9 Å². The van der Waals surface area contributed by atoms with Crippen molar-refractivity contribution in [2.24, 2.45) is 0 Å². The Bertz CT molecular complexity index is 1350. The Balaban J connectivity index is 1.62. The Morgan fingerprint density at radius 1 is 1.10 bits per heavy atom. The molecule has 0 bridgehead atoms. The van der Waals surface area contributed by atoms with Crippen molar-refractivity contribution < 1.29 is 13.2 Å². The average Bonchev–Trinajstić information content (AvgIpc) is 3.13. The molecule has 0 radical (unpaired) electrons. The predicted octanol–water partition coefficient (Wildman–Crippen LogP) is 3.96. The van der Waals surface area contributed by atoms with E-state index in [0.717, 1.165) is 32.0 Å². The second-order valence-corrected chi connectivity index (χ2v) is 7.93. The van der Waals surface area contributed by atoms with Gasteiger partial charge in [0.15, 0.2) is 0 Å². The van der Waals surface area contributed by atoms with Gasteiger partial charge in [0, 0.05) is 17.8 Å². The van der Waals surface area contributed by atoms with Crippen molar-refractivity contribution in [2.75, 3.05) is 13.1 Å². The van der Waals surface area contributed by atoms with E-state index < -0.39 is 11.7 Å². The molecule has 31 heavy (non-hydrogen) atoms. The van der Waals surface area contributed by atoms with Gasteiger partial charge in [-0.3, -0.25) is 4.79 Å². The minimum absolute atomic E-state index is 0.0547. The molecule has 1 aliphatic heterocycles. The summed E-state index contributed by atoms with van der Waals surface area (Å²) in [5, 5.41) is 8.73. The van der Waals surface area contributed by atoms with Crippen LogP contribution in [0.4, 0.5) is 13.2 Å². The zero-order chi connectivity index (χ0) is 21.8. The first kappa shape index (κ1) is 19.7. The van der Waals surface area contributed by atoms with Crippen molar-refractivity contribution >= 4 is 16.4 Å². The molecule has 1 saturated heterocycles. The van der Waals surface area contributed by atoms with Gasteiger partial charge in [0.25, 0.3) is 5.56 Å². The molecule has 160 valence electrons. The first-order chi connectivity index (χ1) is 14.8. The second kappa shape index (κ2) is 7.19. The standard InChI is InChI=1S/C22H20F3N5O/c1-13-11-29-12-16(9-19(20(29)28-13)22(23,24)25)14-2-3-18-15(8-14)10-27-30(21(18)31)17-4-6-26-7-5-17/h2-3,8-12,17,26H,4-7H2,1H3. The number of halogens is 3. The predicted molar refractivity (Wildman–Crippen MR) is 111 cm³/mol. The van der Waals surface area contributed by atoms with Crippen molar-refractivity contribution in [3.05, 3.63) is 64.5 Å². The van der Waals surface area contributed by atoms with Gasteiger partial charge in [0.2, 0.25) is 0 Å². The highest BCUT2D eigenvalue weighted by Gasteiger charge is 2.34. The quantitative estimate of drug-likeness (QED) is 0.526. The Labute approximate surface area is 175 Å². The van der Waals surface area contributed by atoms with E-state index in [-0.39, 0.29) is 17.2 Å². The third-order valence-corrected chi connectivity index (χ3v) is 5.78. The fourth-order valence-electron chi connectivity index (χ4n) is 4.24. The lowest BCUT2D eigenvalue weighted by Crippen LogP contribution is -2.35. The maximum absolute atomic E-state index is 13.6. The topological polar surface area (TPSA) is 64.2 Å². The number of fused-ring (bicyclic) bond motifs is 2. The van der Waals surface area contributed by atoms with Gasteiger partial charge in [-0.15, -0.1) is 0 Å². The van der Waals surface area contributed by atoms with Crippen LogP contribution in [0.25, 0.3) is 27.5 Å². The average molecular weight is 427 g/mol. The minimum atomic E-state index is -4.53. The number of alkyl halides is 3. The number of aryl methyl sites for hydroxylation is 1. The number of hydrogen-bond acceptors (Lipinski definition) is 4. The Kier molecular flexibility index (Phi) is 4.58. The summed E-state index contributed by atoms with van der Waals surface area (Å²) in [6, 6.07) is 6.22. The lowest BCUT2D eigenvalue weighted by atomic mass is 10.0. The zero-order valence-electron chi connectivity index (χ0n) is 16.8. The molecule has 1 aliphatic rings. The molecule has 0 saturated carbocycles. The van der Waals surface area contributed by atoms with Crippen LogP contribution in [0.1, 0.15) is 30.1 Å². The lowest BCUT2D eigenvalue weighted by Gasteiger charge is -2.23. The first-order valence-corrected chi connectivity index (χ1v) is 10.1. The molecule has 6 nitrogen and oxygen atoms in total. The van der Waals surface area contributed by atoms with E-state index in [0.29, 0.717) is 27.6 Å². The Morgan fingerprint density at radius 2 is 1.87 bits per heavy atom. The Hall–Kier alpha value is -3.20. The number of rotatable bonds is 2. The van der Waals surface area contributed by atoms with Crippen molar-refractivity contribution in [2.45, 2.75) is 32.0 Å². The molecule has 5 rings (SSSR count). The largest absolute Gasteiger partial charge is 0.420 e.